The molecule has 2 aliphatic rings. The van der Waals surface area contributed by atoms with E-state index in [0.29, 0.717) is 13.1 Å². The van der Waals surface area contributed by atoms with Gasteiger partial charge in [-0.15, -0.1) is 0 Å². The second-order valence-electron chi connectivity index (χ2n) is 6.67. The third kappa shape index (κ3) is 3.33. The summed E-state index contributed by atoms with van der Waals surface area (Å²) < 4.78 is 30.9. The first kappa shape index (κ1) is 15.1. The van der Waals surface area contributed by atoms with Crippen molar-refractivity contribution in [3.8, 4) is 0 Å². The van der Waals surface area contributed by atoms with Crippen molar-refractivity contribution in [1.29, 1.82) is 0 Å². The van der Waals surface area contributed by atoms with Crippen LogP contribution in [0.2, 0.25) is 0 Å². The molecular weight excluding hydrogens is 288 g/mol. The zero-order valence-electron chi connectivity index (χ0n) is 12.8. The van der Waals surface area contributed by atoms with E-state index >= 15 is 0 Å². The molecule has 5 nitrogen and oxygen atoms in total. The van der Waals surface area contributed by atoms with Crippen LogP contribution in [-0.4, -0.2) is 50.1 Å². The second-order valence-corrected chi connectivity index (χ2v) is 8.66. The van der Waals surface area contributed by atoms with E-state index in [1.165, 1.54) is 6.26 Å². The molecule has 2 saturated heterocycles. The monoisotopic (exact) mass is 312 g/mol. The minimum atomic E-state index is -3.07. The van der Waals surface area contributed by atoms with E-state index in [-0.39, 0.29) is 5.41 Å². The van der Waals surface area contributed by atoms with Gasteiger partial charge in [-0.3, -0.25) is 4.90 Å². The summed E-state index contributed by atoms with van der Waals surface area (Å²) in [7, 11) is -3.07. The van der Waals surface area contributed by atoms with Gasteiger partial charge in [0.25, 0.3) is 0 Å². The highest BCUT2D eigenvalue weighted by molar-refractivity contribution is 7.88. The number of furan rings is 1. The van der Waals surface area contributed by atoms with Gasteiger partial charge in [0.1, 0.15) is 11.5 Å². The first-order chi connectivity index (χ1) is 9.86. The molecule has 2 aliphatic heterocycles. The minimum absolute atomic E-state index is 0.142. The Hall–Kier alpha value is -0.850. The molecule has 0 radical (unpaired) electrons. The Morgan fingerprint density at radius 1 is 1.24 bits per heavy atom. The van der Waals surface area contributed by atoms with Gasteiger partial charge >= 0.3 is 0 Å². The van der Waals surface area contributed by atoms with Crippen molar-refractivity contribution in [2.75, 3.05) is 32.4 Å². The molecule has 118 valence electrons. The summed E-state index contributed by atoms with van der Waals surface area (Å²) in [6.07, 6.45) is 4.51. The number of rotatable bonds is 3. The van der Waals surface area contributed by atoms with E-state index in [0.717, 1.165) is 50.4 Å². The molecule has 1 aromatic rings. The maximum atomic E-state index is 11.8. The van der Waals surface area contributed by atoms with Gasteiger partial charge in [-0.1, -0.05) is 0 Å². The Labute approximate surface area is 127 Å². The van der Waals surface area contributed by atoms with Crippen LogP contribution < -0.4 is 0 Å². The SMILES string of the molecule is Cc1ccc(CN2CCC3(CCCN(S(C)(=O)=O)C3)C2)o1. The van der Waals surface area contributed by atoms with E-state index in [2.05, 4.69) is 4.90 Å². The first-order valence-corrected chi connectivity index (χ1v) is 9.44. The van der Waals surface area contributed by atoms with E-state index in [1.54, 1.807) is 4.31 Å². The lowest BCUT2D eigenvalue weighted by Crippen LogP contribution is -2.46. The van der Waals surface area contributed by atoms with Crippen molar-refractivity contribution < 1.29 is 12.8 Å². The quantitative estimate of drug-likeness (QED) is 0.854. The Morgan fingerprint density at radius 2 is 2.05 bits per heavy atom. The average Bonchev–Trinajstić information content (AvgIpc) is 2.97. The molecule has 0 N–H and O–H groups in total. The summed E-state index contributed by atoms with van der Waals surface area (Å²) in [5.41, 5.74) is 0.142. The number of likely N-dealkylation sites (tertiary alicyclic amines) is 1. The fourth-order valence-corrected chi connectivity index (χ4v) is 4.70. The summed E-state index contributed by atoms with van der Waals surface area (Å²) in [5.74, 6) is 1.94. The third-order valence-electron chi connectivity index (χ3n) is 4.79. The van der Waals surface area contributed by atoms with Gasteiger partial charge in [-0.25, -0.2) is 12.7 Å². The molecule has 1 unspecified atom stereocenters. The first-order valence-electron chi connectivity index (χ1n) is 7.59. The summed E-state index contributed by atoms with van der Waals surface area (Å²) in [6, 6.07) is 4.02. The van der Waals surface area contributed by atoms with Crippen LogP contribution in [0.25, 0.3) is 0 Å². The van der Waals surface area contributed by atoms with E-state index in [4.69, 9.17) is 4.42 Å². The molecule has 3 rings (SSSR count). The van der Waals surface area contributed by atoms with Crippen LogP contribution >= 0.6 is 0 Å². The molecule has 0 saturated carbocycles. The molecule has 21 heavy (non-hydrogen) atoms. The number of sulfonamides is 1. The summed E-state index contributed by atoms with van der Waals surface area (Å²) in [6.45, 7) is 6.14. The maximum absolute atomic E-state index is 11.8. The predicted molar refractivity (Wildman–Crippen MR) is 81.4 cm³/mol. The maximum Gasteiger partial charge on any atom is 0.211 e. The Bertz CT molecular complexity index is 610. The Balaban J connectivity index is 1.65. The Morgan fingerprint density at radius 3 is 2.71 bits per heavy atom. The van der Waals surface area contributed by atoms with Crippen molar-refractivity contribution in [2.45, 2.75) is 32.7 Å². The van der Waals surface area contributed by atoms with Crippen LogP contribution in [0.15, 0.2) is 16.5 Å². The minimum Gasteiger partial charge on any atom is -0.465 e. The smallest absolute Gasteiger partial charge is 0.211 e. The van der Waals surface area contributed by atoms with Crippen LogP contribution in [0.3, 0.4) is 0 Å². The van der Waals surface area contributed by atoms with Crippen molar-refractivity contribution in [3.63, 3.8) is 0 Å². The molecule has 2 fully saturated rings. The van der Waals surface area contributed by atoms with Gasteiger partial charge in [-0.2, -0.15) is 0 Å². The van der Waals surface area contributed by atoms with E-state index < -0.39 is 10.0 Å². The fourth-order valence-electron chi connectivity index (χ4n) is 3.73. The molecule has 1 spiro atoms. The highest BCUT2D eigenvalue weighted by Crippen LogP contribution is 2.40. The van der Waals surface area contributed by atoms with Crippen molar-refractivity contribution in [2.24, 2.45) is 5.41 Å². The zero-order chi connectivity index (χ0) is 15.1. The highest BCUT2D eigenvalue weighted by Gasteiger charge is 2.43. The molecule has 1 aromatic heterocycles. The van der Waals surface area contributed by atoms with E-state index in [1.807, 2.05) is 19.1 Å². The van der Waals surface area contributed by atoms with Crippen molar-refractivity contribution in [3.05, 3.63) is 23.7 Å². The predicted octanol–water partition coefficient (Wildman–Crippen LogP) is 1.84. The normalized spacial score (nSPS) is 28.5. The largest absolute Gasteiger partial charge is 0.465 e. The molecule has 0 aliphatic carbocycles. The van der Waals surface area contributed by atoms with Gasteiger partial charge in [-0.05, 0) is 50.3 Å². The van der Waals surface area contributed by atoms with Gasteiger partial charge in [0, 0.05) is 19.6 Å². The van der Waals surface area contributed by atoms with Gasteiger partial charge in [0.05, 0.1) is 12.8 Å². The summed E-state index contributed by atoms with van der Waals surface area (Å²) >= 11 is 0. The van der Waals surface area contributed by atoms with Gasteiger partial charge in [0.2, 0.25) is 10.0 Å². The van der Waals surface area contributed by atoms with Crippen molar-refractivity contribution >= 4 is 10.0 Å². The standard InChI is InChI=1S/C15H24N2O3S/c1-13-4-5-14(20-13)10-16-9-7-15(11-16)6-3-8-17(12-15)21(2,18)19/h4-5H,3,6-12H2,1-2H3. The fraction of sp³-hybridized carbons (Fsp3) is 0.733. The molecule has 0 aromatic carbocycles. The van der Waals surface area contributed by atoms with Crippen LogP contribution in [-0.2, 0) is 16.6 Å². The molecular formula is C15H24N2O3S. The van der Waals surface area contributed by atoms with Crippen LogP contribution in [0, 0.1) is 12.3 Å². The lowest BCUT2D eigenvalue weighted by molar-refractivity contribution is 0.144. The van der Waals surface area contributed by atoms with Crippen molar-refractivity contribution in [1.82, 2.24) is 9.21 Å². The lowest BCUT2D eigenvalue weighted by atomic mass is 9.80. The third-order valence-corrected chi connectivity index (χ3v) is 6.04. The molecule has 0 bridgehead atoms. The average molecular weight is 312 g/mol. The number of piperidine rings is 1. The summed E-state index contributed by atoms with van der Waals surface area (Å²) in [4.78, 5) is 2.39. The zero-order valence-corrected chi connectivity index (χ0v) is 13.7. The lowest BCUT2D eigenvalue weighted by Gasteiger charge is -2.39. The molecule has 1 atom stereocenters. The number of aryl methyl sites for hydroxylation is 1. The van der Waals surface area contributed by atoms with E-state index in [9.17, 15) is 8.42 Å². The number of hydrogen-bond donors (Lipinski definition) is 0. The second kappa shape index (κ2) is 5.41. The van der Waals surface area contributed by atoms with Gasteiger partial charge in [0.15, 0.2) is 0 Å². The molecule has 0 amide bonds. The molecule has 3 heterocycles. The number of nitrogens with zero attached hydrogens (tertiary/aromatic N) is 2. The molecule has 6 heteroatoms. The topological polar surface area (TPSA) is 53.8 Å². The summed E-state index contributed by atoms with van der Waals surface area (Å²) in [5, 5.41) is 0. The Kier molecular flexibility index (Phi) is 3.88. The van der Waals surface area contributed by atoms with Crippen LogP contribution in [0.4, 0.5) is 0 Å². The van der Waals surface area contributed by atoms with Crippen LogP contribution in [0.5, 0.6) is 0 Å². The highest BCUT2D eigenvalue weighted by atomic mass is 32.2. The van der Waals surface area contributed by atoms with Crippen LogP contribution in [0.1, 0.15) is 30.8 Å². The number of hydrogen-bond acceptors (Lipinski definition) is 4. The van der Waals surface area contributed by atoms with Gasteiger partial charge < -0.3 is 4.42 Å².